The number of carbonyl (C=O) groups excluding carboxylic acids is 1. The number of carbonyl (C=O) groups is 1. The van der Waals surface area contributed by atoms with Gasteiger partial charge < -0.3 is 9.47 Å². The minimum Gasteiger partial charge on any atom is -0.468 e. The first-order chi connectivity index (χ1) is 8.73. The van der Waals surface area contributed by atoms with Gasteiger partial charge in [0.05, 0.1) is 31.7 Å². The van der Waals surface area contributed by atoms with Gasteiger partial charge in [-0.15, -0.1) is 0 Å². The van der Waals surface area contributed by atoms with Gasteiger partial charge in [-0.2, -0.15) is 0 Å². The van der Waals surface area contributed by atoms with Crippen LogP contribution >= 0.6 is 22.6 Å². The molecule has 1 atom stereocenters. The van der Waals surface area contributed by atoms with Gasteiger partial charge >= 0.3 is 5.97 Å². The smallest absolute Gasteiger partial charge is 0.320 e. The zero-order chi connectivity index (χ0) is 13.0. The molecule has 0 N–H and O–H groups in total. The number of alkyl halides is 1. The largest absolute Gasteiger partial charge is 0.468 e. The molecule has 1 aromatic carbocycles. The highest BCUT2D eigenvalue weighted by Gasteiger charge is 2.48. The molecule has 0 aliphatic carbocycles. The van der Waals surface area contributed by atoms with Crippen molar-refractivity contribution in [1.82, 2.24) is 0 Å². The zero-order valence-electron chi connectivity index (χ0n) is 10.1. The van der Waals surface area contributed by atoms with E-state index in [0.29, 0.717) is 17.6 Å². The number of nitrogens with zero attached hydrogens (tertiary/aromatic N) is 1. The van der Waals surface area contributed by atoms with Gasteiger partial charge in [0.25, 0.3) is 0 Å². The molecular weight excluding hydrogens is 345 g/mol. The van der Waals surface area contributed by atoms with E-state index >= 15 is 0 Å². The third kappa shape index (κ3) is 2.42. The number of hydrogen-bond donors (Lipinski definition) is 0. The number of aliphatic imine (C=N–C) groups is 1. The Kier molecular flexibility index (Phi) is 4.34. The molecule has 1 saturated heterocycles. The van der Waals surface area contributed by atoms with E-state index < -0.39 is 5.41 Å². The van der Waals surface area contributed by atoms with Crippen molar-refractivity contribution >= 4 is 40.0 Å². The summed E-state index contributed by atoms with van der Waals surface area (Å²) < 4.78 is 10.9. The van der Waals surface area contributed by atoms with Crippen molar-refractivity contribution in [3.63, 3.8) is 0 Å². The fourth-order valence-corrected chi connectivity index (χ4v) is 2.86. The molecule has 5 heteroatoms. The Bertz CT molecular complexity index is 461. The Morgan fingerprint density at radius 3 is 2.83 bits per heavy atom. The average Bonchev–Trinajstić information content (AvgIpc) is 2.83. The second kappa shape index (κ2) is 5.79. The summed E-state index contributed by atoms with van der Waals surface area (Å²) in [5.74, 6) is -0.274. The summed E-state index contributed by atoms with van der Waals surface area (Å²) in [6.07, 6.45) is 0. The van der Waals surface area contributed by atoms with E-state index in [1.54, 1.807) is 0 Å². The molecule has 1 heterocycles. The van der Waals surface area contributed by atoms with Gasteiger partial charge in [0.15, 0.2) is 0 Å². The zero-order valence-corrected chi connectivity index (χ0v) is 12.2. The molecule has 1 unspecified atom stereocenters. The van der Waals surface area contributed by atoms with Gasteiger partial charge in [0, 0.05) is 4.43 Å². The quantitative estimate of drug-likeness (QED) is 0.473. The Hall–Kier alpha value is -0.950. The topological polar surface area (TPSA) is 47.9 Å². The lowest BCUT2D eigenvalue weighted by Crippen LogP contribution is -2.41. The van der Waals surface area contributed by atoms with Crippen molar-refractivity contribution in [3.05, 3.63) is 30.3 Å². The number of methoxy groups -OCH3 is 1. The summed E-state index contributed by atoms with van der Waals surface area (Å²) in [7, 11) is 1.40. The SMILES string of the molecule is COC(=O)C1(CI)COCC1=Nc1ccccc1. The Balaban J connectivity index is 2.37. The first kappa shape index (κ1) is 13.5. The number of benzene rings is 1. The first-order valence-corrected chi connectivity index (χ1v) is 7.11. The number of para-hydroxylation sites is 1. The van der Waals surface area contributed by atoms with Crippen LogP contribution < -0.4 is 0 Å². The molecule has 4 nitrogen and oxygen atoms in total. The van der Waals surface area contributed by atoms with Gasteiger partial charge in [0.2, 0.25) is 0 Å². The van der Waals surface area contributed by atoms with E-state index in [1.165, 1.54) is 7.11 Å². The van der Waals surface area contributed by atoms with E-state index in [0.717, 1.165) is 11.4 Å². The second-order valence-electron chi connectivity index (χ2n) is 4.09. The summed E-state index contributed by atoms with van der Waals surface area (Å²) in [5.41, 5.74) is 0.844. The number of ether oxygens (including phenoxy) is 2. The Morgan fingerprint density at radius 2 is 2.22 bits per heavy atom. The first-order valence-electron chi connectivity index (χ1n) is 5.58. The highest BCUT2D eigenvalue weighted by molar-refractivity contribution is 14.1. The van der Waals surface area contributed by atoms with Crippen molar-refractivity contribution in [2.24, 2.45) is 10.4 Å². The summed E-state index contributed by atoms with van der Waals surface area (Å²) in [6.45, 7) is 0.723. The van der Waals surface area contributed by atoms with E-state index in [4.69, 9.17) is 9.47 Å². The number of rotatable bonds is 3. The van der Waals surface area contributed by atoms with Crippen molar-refractivity contribution in [2.75, 3.05) is 24.8 Å². The third-order valence-electron chi connectivity index (χ3n) is 2.96. The molecule has 0 amide bonds. The predicted octanol–water partition coefficient (Wildman–Crippen LogP) is 2.38. The summed E-state index contributed by atoms with van der Waals surface area (Å²) in [5, 5.41) is 0. The van der Waals surface area contributed by atoms with E-state index in [1.807, 2.05) is 30.3 Å². The van der Waals surface area contributed by atoms with E-state index in [9.17, 15) is 4.79 Å². The Morgan fingerprint density at radius 1 is 1.50 bits per heavy atom. The highest BCUT2D eigenvalue weighted by Crippen LogP contribution is 2.32. The predicted molar refractivity (Wildman–Crippen MR) is 77.7 cm³/mol. The molecule has 0 aromatic heterocycles. The summed E-state index contributed by atoms with van der Waals surface area (Å²) >= 11 is 2.18. The maximum absolute atomic E-state index is 12.0. The lowest BCUT2D eigenvalue weighted by Gasteiger charge is -2.22. The molecule has 96 valence electrons. The molecular formula is C13H14INO3. The third-order valence-corrected chi connectivity index (χ3v) is 4.27. The van der Waals surface area contributed by atoms with Gasteiger partial charge in [-0.3, -0.25) is 9.79 Å². The molecule has 1 aliphatic rings. The monoisotopic (exact) mass is 359 g/mol. The molecule has 0 bridgehead atoms. The summed E-state index contributed by atoms with van der Waals surface area (Å²) in [6, 6.07) is 9.57. The molecule has 1 fully saturated rings. The molecule has 2 rings (SSSR count). The van der Waals surface area contributed by atoms with Gasteiger partial charge in [-0.05, 0) is 12.1 Å². The minimum absolute atomic E-state index is 0.274. The van der Waals surface area contributed by atoms with Crippen molar-refractivity contribution in [3.8, 4) is 0 Å². The van der Waals surface area contributed by atoms with E-state index in [-0.39, 0.29) is 5.97 Å². The molecule has 0 spiro atoms. The van der Waals surface area contributed by atoms with Crippen LogP contribution in [-0.2, 0) is 14.3 Å². The molecule has 0 saturated carbocycles. The van der Waals surface area contributed by atoms with Gasteiger partial charge in [-0.25, -0.2) is 0 Å². The lowest BCUT2D eigenvalue weighted by molar-refractivity contribution is -0.148. The van der Waals surface area contributed by atoms with Crippen molar-refractivity contribution in [2.45, 2.75) is 0 Å². The van der Waals surface area contributed by atoms with Crippen LogP contribution in [0.15, 0.2) is 35.3 Å². The normalized spacial score (nSPS) is 25.3. The number of hydrogen-bond acceptors (Lipinski definition) is 4. The van der Waals surface area contributed by atoms with Crippen LogP contribution in [0.2, 0.25) is 0 Å². The second-order valence-corrected chi connectivity index (χ2v) is 4.86. The molecule has 0 radical (unpaired) electrons. The maximum Gasteiger partial charge on any atom is 0.320 e. The fourth-order valence-electron chi connectivity index (χ4n) is 1.88. The number of esters is 1. The van der Waals surface area contributed by atoms with Crippen LogP contribution in [0.4, 0.5) is 5.69 Å². The van der Waals surface area contributed by atoms with E-state index in [2.05, 4.69) is 27.6 Å². The maximum atomic E-state index is 12.0. The van der Waals surface area contributed by atoms with Crippen LogP contribution in [0.1, 0.15) is 0 Å². The fraction of sp³-hybridized carbons (Fsp3) is 0.385. The van der Waals surface area contributed by atoms with Crippen LogP contribution in [0, 0.1) is 5.41 Å². The molecule has 18 heavy (non-hydrogen) atoms. The molecule has 1 aromatic rings. The lowest BCUT2D eigenvalue weighted by atomic mass is 9.88. The standard InChI is InChI=1S/C13H14INO3/c1-17-12(16)13(8-14)9-18-7-11(13)15-10-5-3-2-4-6-10/h2-6H,7-9H2,1H3. The highest BCUT2D eigenvalue weighted by atomic mass is 127. The van der Waals surface area contributed by atoms with Crippen LogP contribution in [0.5, 0.6) is 0 Å². The van der Waals surface area contributed by atoms with Gasteiger partial charge in [-0.1, -0.05) is 40.8 Å². The van der Waals surface area contributed by atoms with Gasteiger partial charge in [0.1, 0.15) is 5.41 Å². The van der Waals surface area contributed by atoms with Crippen molar-refractivity contribution < 1.29 is 14.3 Å². The van der Waals surface area contributed by atoms with Crippen molar-refractivity contribution in [1.29, 1.82) is 0 Å². The molecule has 1 aliphatic heterocycles. The van der Waals surface area contributed by atoms with Crippen LogP contribution in [0.25, 0.3) is 0 Å². The van der Waals surface area contributed by atoms with Crippen LogP contribution in [-0.4, -0.2) is 36.4 Å². The average molecular weight is 359 g/mol. The van der Waals surface area contributed by atoms with Crippen LogP contribution in [0.3, 0.4) is 0 Å². The number of halogens is 1. The Labute approximate surface area is 120 Å². The summed E-state index contributed by atoms with van der Waals surface area (Å²) in [4.78, 5) is 16.5. The minimum atomic E-state index is -0.731.